The van der Waals surface area contributed by atoms with Gasteiger partial charge in [0.1, 0.15) is 5.75 Å². The monoisotopic (exact) mass is 236 g/mol. The molecule has 2 aromatic rings. The van der Waals surface area contributed by atoms with Crippen molar-refractivity contribution in [2.75, 3.05) is 7.11 Å². The second-order valence-electron chi connectivity index (χ2n) is 3.96. The van der Waals surface area contributed by atoms with Crippen LogP contribution in [-0.2, 0) is 6.42 Å². The van der Waals surface area contributed by atoms with Gasteiger partial charge in [-0.05, 0) is 31.5 Å². The highest BCUT2D eigenvalue weighted by Gasteiger charge is 2.05. The predicted molar refractivity (Wildman–Crippen MR) is 68.1 cm³/mol. The lowest BCUT2D eigenvalue weighted by Gasteiger charge is -2.00. The number of thiazole rings is 1. The van der Waals surface area contributed by atoms with Gasteiger partial charge < -0.3 is 10.5 Å². The first kappa shape index (κ1) is 11.4. The Kier molecular flexibility index (Phi) is 3.41. The minimum atomic E-state index is 0.238. The van der Waals surface area contributed by atoms with Gasteiger partial charge in [-0.15, -0.1) is 11.3 Å². The summed E-state index contributed by atoms with van der Waals surface area (Å²) in [5, 5.41) is 1.15. The van der Waals surface area contributed by atoms with Crippen LogP contribution in [0.25, 0.3) is 10.2 Å². The van der Waals surface area contributed by atoms with Gasteiger partial charge in [-0.25, -0.2) is 4.98 Å². The fourth-order valence-electron chi connectivity index (χ4n) is 1.54. The largest absolute Gasteiger partial charge is 0.497 e. The van der Waals surface area contributed by atoms with Crippen LogP contribution in [0.1, 0.15) is 18.4 Å². The van der Waals surface area contributed by atoms with Crippen LogP contribution in [0.3, 0.4) is 0 Å². The molecular formula is C12H16N2OS. The molecule has 3 nitrogen and oxygen atoms in total. The Balaban J connectivity index is 2.22. The molecule has 0 saturated heterocycles. The molecule has 0 fully saturated rings. The zero-order chi connectivity index (χ0) is 11.5. The van der Waals surface area contributed by atoms with Crippen molar-refractivity contribution in [3.8, 4) is 5.75 Å². The fourth-order valence-corrected chi connectivity index (χ4v) is 2.55. The van der Waals surface area contributed by atoms with Gasteiger partial charge in [0.05, 0.1) is 22.3 Å². The summed E-state index contributed by atoms with van der Waals surface area (Å²) in [5.41, 5.74) is 6.78. The maximum Gasteiger partial charge on any atom is 0.120 e. The summed E-state index contributed by atoms with van der Waals surface area (Å²) in [6, 6.07) is 6.21. The van der Waals surface area contributed by atoms with Crippen molar-refractivity contribution in [3.05, 3.63) is 23.2 Å². The van der Waals surface area contributed by atoms with Gasteiger partial charge in [0.2, 0.25) is 0 Å². The molecule has 2 rings (SSSR count). The van der Waals surface area contributed by atoms with Gasteiger partial charge in [-0.2, -0.15) is 0 Å². The van der Waals surface area contributed by atoms with E-state index in [2.05, 4.69) is 4.98 Å². The third-order valence-corrected chi connectivity index (χ3v) is 3.53. The zero-order valence-corrected chi connectivity index (χ0v) is 10.4. The van der Waals surface area contributed by atoms with E-state index in [4.69, 9.17) is 10.5 Å². The number of ether oxygens (including phenoxy) is 1. The first-order valence-electron chi connectivity index (χ1n) is 5.38. The molecule has 0 aliphatic heterocycles. The maximum absolute atomic E-state index is 5.74. The van der Waals surface area contributed by atoms with Gasteiger partial charge in [0, 0.05) is 12.5 Å². The molecule has 86 valence electrons. The van der Waals surface area contributed by atoms with Gasteiger partial charge in [-0.3, -0.25) is 0 Å². The van der Waals surface area contributed by atoms with E-state index >= 15 is 0 Å². The molecule has 16 heavy (non-hydrogen) atoms. The Morgan fingerprint density at radius 1 is 1.50 bits per heavy atom. The zero-order valence-electron chi connectivity index (χ0n) is 9.56. The summed E-state index contributed by atoms with van der Waals surface area (Å²) < 4.78 is 6.37. The minimum absolute atomic E-state index is 0.238. The van der Waals surface area contributed by atoms with Crippen LogP contribution >= 0.6 is 11.3 Å². The van der Waals surface area contributed by atoms with Crippen molar-refractivity contribution < 1.29 is 4.74 Å². The van der Waals surface area contributed by atoms with Crippen molar-refractivity contribution in [1.29, 1.82) is 0 Å². The van der Waals surface area contributed by atoms with E-state index in [0.717, 1.165) is 29.1 Å². The minimum Gasteiger partial charge on any atom is -0.497 e. The molecule has 0 bridgehead atoms. The highest BCUT2D eigenvalue weighted by atomic mass is 32.1. The normalized spacial score (nSPS) is 12.9. The van der Waals surface area contributed by atoms with Gasteiger partial charge in [-0.1, -0.05) is 0 Å². The van der Waals surface area contributed by atoms with Crippen LogP contribution in [0.15, 0.2) is 18.2 Å². The molecule has 0 amide bonds. The molecule has 0 aliphatic rings. The lowest BCUT2D eigenvalue weighted by molar-refractivity contribution is 0.415. The van der Waals surface area contributed by atoms with E-state index in [-0.39, 0.29) is 6.04 Å². The molecule has 0 saturated carbocycles. The van der Waals surface area contributed by atoms with Gasteiger partial charge in [0.25, 0.3) is 0 Å². The van der Waals surface area contributed by atoms with Crippen LogP contribution in [0.5, 0.6) is 5.75 Å². The first-order valence-corrected chi connectivity index (χ1v) is 6.19. The smallest absolute Gasteiger partial charge is 0.120 e. The highest BCUT2D eigenvalue weighted by molar-refractivity contribution is 7.18. The Morgan fingerprint density at radius 3 is 3.00 bits per heavy atom. The number of aromatic nitrogens is 1. The molecule has 4 heteroatoms. The Hall–Kier alpha value is -1.13. The number of benzene rings is 1. The number of nitrogens with zero attached hydrogens (tertiary/aromatic N) is 1. The molecule has 0 aliphatic carbocycles. The van der Waals surface area contributed by atoms with Crippen LogP contribution in [0.4, 0.5) is 0 Å². The molecule has 2 N–H and O–H groups in total. The summed E-state index contributed by atoms with van der Waals surface area (Å²) >= 11 is 1.72. The molecular weight excluding hydrogens is 220 g/mol. The van der Waals surface area contributed by atoms with Crippen molar-refractivity contribution in [2.24, 2.45) is 5.73 Å². The SMILES string of the molecule is COc1ccc2nc(CCC(C)N)sc2c1. The standard InChI is InChI=1S/C12H16N2OS/c1-8(13)3-6-12-14-10-5-4-9(15-2)7-11(10)16-12/h4-5,7-8H,3,6,13H2,1-2H3. The molecule has 0 radical (unpaired) electrons. The quantitative estimate of drug-likeness (QED) is 0.887. The highest BCUT2D eigenvalue weighted by Crippen LogP contribution is 2.26. The molecule has 1 unspecified atom stereocenters. The third kappa shape index (κ3) is 2.51. The van der Waals surface area contributed by atoms with Crippen molar-refractivity contribution in [3.63, 3.8) is 0 Å². The summed E-state index contributed by atoms with van der Waals surface area (Å²) in [7, 11) is 1.68. The number of methoxy groups -OCH3 is 1. The molecule has 1 atom stereocenters. The van der Waals surface area contributed by atoms with E-state index < -0.39 is 0 Å². The average molecular weight is 236 g/mol. The second-order valence-corrected chi connectivity index (χ2v) is 5.07. The van der Waals surface area contributed by atoms with Crippen molar-refractivity contribution in [2.45, 2.75) is 25.8 Å². The summed E-state index contributed by atoms with van der Waals surface area (Å²) in [5.74, 6) is 0.884. The number of hydrogen-bond donors (Lipinski definition) is 1. The second kappa shape index (κ2) is 4.80. The lowest BCUT2D eigenvalue weighted by atomic mass is 10.2. The Bertz CT molecular complexity index is 479. The Morgan fingerprint density at radius 2 is 2.31 bits per heavy atom. The van der Waals surface area contributed by atoms with Crippen LogP contribution in [-0.4, -0.2) is 18.1 Å². The topological polar surface area (TPSA) is 48.1 Å². The first-order chi connectivity index (χ1) is 7.69. The van der Waals surface area contributed by atoms with E-state index in [0.29, 0.717) is 0 Å². The number of aryl methyl sites for hydroxylation is 1. The van der Waals surface area contributed by atoms with Gasteiger partial charge >= 0.3 is 0 Å². The maximum atomic E-state index is 5.74. The van der Waals surface area contributed by atoms with Crippen LogP contribution in [0, 0.1) is 0 Å². The number of fused-ring (bicyclic) bond motifs is 1. The Labute approximate surface area is 99.3 Å². The predicted octanol–water partition coefficient (Wildman–Crippen LogP) is 2.58. The van der Waals surface area contributed by atoms with Crippen LogP contribution in [0.2, 0.25) is 0 Å². The van der Waals surface area contributed by atoms with Crippen molar-refractivity contribution >= 4 is 21.6 Å². The fraction of sp³-hybridized carbons (Fsp3) is 0.417. The summed E-state index contributed by atoms with van der Waals surface area (Å²) in [6.07, 6.45) is 1.94. The van der Waals surface area contributed by atoms with E-state index in [1.54, 1.807) is 18.4 Å². The number of hydrogen-bond acceptors (Lipinski definition) is 4. The van der Waals surface area contributed by atoms with E-state index in [9.17, 15) is 0 Å². The molecule has 1 heterocycles. The molecule has 0 spiro atoms. The number of nitrogens with two attached hydrogens (primary N) is 1. The average Bonchev–Trinajstić information content (AvgIpc) is 2.67. The summed E-state index contributed by atoms with van der Waals surface area (Å²) in [6.45, 7) is 2.02. The van der Waals surface area contributed by atoms with Gasteiger partial charge in [0.15, 0.2) is 0 Å². The van der Waals surface area contributed by atoms with E-state index in [1.807, 2.05) is 25.1 Å². The molecule has 1 aromatic carbocycles. The summed E-state index contributed by atoms with van der Waals surface area (Å²) in [4.78, 5) is 4.57. The van der Waals surface area contributed by atoms with E-state index in [1.165, 1.54) is 4.70 Å². The van der Waals surface area contributed by atoms with Crippen LogP contribution < -0.4 is 10.5 Å². The third-order valence-electron chi connectivity index (χ3n) is 2.45. The lowest BCUT2D eigenvalue weighted by Crippen LogP contribution is -2.15. The molecule has 1 aromatic heterocycles. The number of rotatable bonds is 4. The van der Waals surface area contributed by atoms with Crippen molar-refractivity contribution in [1.82, 2.24) is 4.98 Å².